The molecule has 14 heteroatoms. The highest BCUT2D eigenvalue weighted by molar-refractivity contribution is 5.76. The molecule has 0 aromatic carbocycles. The fourth-order valence-electron chi connectivity index (χ4n) is 6.61. The van der Waals surface area contributed by atoms with Crippen LogP contribution in [0.1, 0.15) is 110 Å². The lowest BCUT2D eigenvalue weighted by molar-refractivity contribution is -0.359. The topological polar surface area (TPSA) is 228 Å². The largest absolute Gasteiger partial charge is 0.394 e. The molecule has 0 saturated carbocycles. The van der Waals surface area contributed by atoms with Crippen molar-refractivity contribution in [2.45, 2.75) is 184 Å². The van der Waals surface area contributed by atoms with Crippen LogP contribution in [0.2, 0.25) is 0 Å². The van der Waals surface area contributed by atoms with Gasteiger partial charge in [0, 0.05) is 6.42 Å². The Morgan fingerprint density at radius 3 is 1.69 bits per heavy atom. The van der Waals surface area contributed by atoms with Gasteiger partial charge >= 0.3 is 0 Å². The van der Waals surface area contributed by atoms with Crippen molar-refractivity contribution in [2.24, 2.45) is 0 Å². The van der Waals surface area contributed by atoms with Crippen LogP contribution < -0.4 is 5.32 Å². The molecule has 0 radical (unpaired) electrons. The summed E-state index contributed by atoms with van der Waals surface area (Å²) < 4.78 is 22.5. The van der Waals surface area contributed by atoms with Crippen LogP contribution in [-0.2, 0) is 23.7 Å². The zero-order valence-electron chi connectivity index (χ0n) is 35.2. The first kappa shape index (κ1) is 52.6. The average molecular weight is 838 g/mol. The number of amides is 1. The van der Waals surface area contributed by atoms with Crippen molar-refractivity contribution in [3.8, 4) is 0 Å². The van der Waals surface area contributed by atoms with Gasteiger partial charge in [-0.1, -0.05) is 125 Å². The number of allylic oxidation sites excluding steroid dienone is 12. The molecule has 2 fully saturated rings. The summed E-state index contributed by atoms with van der Waals surface area (Å²) in [4.78, 5) is 13.0. The molecule has 2 heterocycles. The second kappa shape index (κ2) is 32.2. The minimum atomic E-state index is -1.79. The lowest BCUT2D eigenvalue weighted by Gasteiger charge is -2.46. The van der Waals surface area contributed by atoms with Crippen molar-refractivity contribution in [2.75, 3.05) is 19.8 Å². The number of hydrogen-bond donors (Lipinski definition) is 9. The molecule has 1 amide bonds. The number of aliphatic hydroxyl groups excluding tert-OH is 8. The summed E-state index contributed by atoms with van der Waals surface area (Å²) in [6.45, 7) is 2.56. The number of carbonyl (C=O) groups excluding carboxylic acids is 1. The minimum Gasteiger partial charge on any atom is -0.394 e. The van der Waals surface area contributed by atoms with Crippen LogP contribution in [0.4, 0.5) is 0 Å². The van der Waals surface area contributed by atoms with Crippen molar-refractivity contribution in [1.29, 1.82) is 0 Å². The van der Waals surface area contributed by atoms with Gasteiger partial charge in [-0.25, -0.2) is 0 Å². The van der Waals surface area contributed by atoms with Gasteiger partial charge in [0.25, 0.3) is 0 Å². The highest BCUT2D eigenvalue weighted by Crippen LogP contribution is 2.30. The van der Waals surface area contributed by atoms with E-state index in [1.54, 1.807) is 0 Å². The van der Waals surface area contributed by atoms with E-state index in [9.17, 15) is 45.6 Å². The molecule has 2 aliphatic heterocycles. The Balaban J connectivity index is 1.87. The SMILES string of the molecule is CC/C=C\C/C=C\C/C=C\C/C=C\C/C=C\C/C=C\CCC(=O)NC(COC1OC(CO)C(OC2OC(CO)C(O)C(O)C2O)C(O)C1O)C(O)CCCCCCCC. The molecule has 59 heavy (non-hydrogen) atoms. The van der Waals surface area contributed by atoms with Gasteiger partial charge in [0.15, 0.2) is 12.6 Å². The van der Waals surface area contributed by atoms with Crippen LogP contribution in [0.5, 0.6) is 0 Å². The third-order valence-corrected chi connectivity index (χ3v) is 10.2. The summed E-state index contributed by atoms with van der Waals surface area (Å²) >= 11 is 0. The van der Waals surface area contributed by atoms with Crippen molar-refractivity contribution in [3.05, 3.63) is 72.9 Å². The number of hydrogen-bond acceptors (Lipinski definition) is 13. The third-order valence-electron chi connectivity index (χ3n) is 10.2. The van der Waals surface area contributed by atoms with E-state index >= 15 is 0 Å². The zero-order chi connectivity index (χ0) is 43.3. The van der Waals surface area contributed by atoms with E-state index in [0.717, 1.165) is 77.0 Å². The number of rotatable bonds is 30. The Hall–Kier alpha value is -2.57. The van der Waals surface area contributed by atoms with E-state index in [1.807, 2.05) is 12.2 Å². The first-order valence-electron chi connectivity index (χ1n) is 21.7. The van der Waals surface area contributed by atoms with Crippen LogP contribution >= 0.6 is 0 Å². The molecule has 2 saturated heterocycles. The molecule has 0 spiro atoms. The van der Waals surface area contributed by atoms with Gasteiger partial charge in [-0.3, -0.25) is 4.79 Å². The molecule has 2 rings (SSSR count). The zero-order valence-corrected chi connectivity index (χ0v) is 35.2. The number of ether oxygens (including phenoxy) is 4. The Kier molecular flexibility index (Phi) is 28.7. The molecule has 12 unspecified atom stereocenters. The van der Waals surface area contributed by atoms with Crippen LogP contribution in [-0.4, -0.2) is 140 Å². The molecule has 9 N–H and O–H groups in total. The van der Waals surface area contributed by atoms with Gasteiger partial charge in [0.2, 0.25) is 5.91 Å². The fourth-order valence-corrected chi connectivity index (χ4v) is 6.61. The molecule has 0 aliphatic carbocycles. The summed E-state index contributed by atoms with van der Waals surface area (Å²) in [6, 6.07) is -0.868. The van der Waals surface area contributed by atoms with Crippen LogP contribution in [0, 0.1) is 0 Å². The van der Waals surface area contributed by atoms with Crippen LogP contribution in [0.15, 0.2) is 72.9 Å². The highest BCUT2D eigenvalue weighted by atomic mass is 16.7. The van der Waals surface area contributed by atoms with Crippen molar-refractivity contribution in [3.63, 3.8) is 0 Å². The highest BCUT2D eigenvalue weighted by Gasteiger charge is 2.50. The number of unbranched alkanes of at least 4 members (excludes halogenated alkanes) is 5. The Morgan fingerprint density at radius 2 is 1.14 bits per heavy atom. The number of nitrogens with one attached hydrogen (secondary N) is 1. The predicted molar refractivity (Wildman–Crippen MR) is 226 cm³/mol. The van der Waals surface area contributed by atoms with Crippen molar-refractivity contribution in [1.82, 2.24) is 5.32 Å². The Labute approximate surface area is 351 Å². The lowest BCUT2D eigenvalue weighted by Crippen LogP contribution is -2.65. The van der Waals surface area contributed by atoms with Crippen LogP contribution in [0.3, 0.4) is 0 Å². The van der Waals surface area contributed by atoms with Crippen LogP contribution in [0.25, 0.3) is 0 Å². The normalized spacial score (nSPS) is 29.3. The number of aliphatic hydroxyl groups is 8. The first-order chi connectivity index (χ1) is 28.6. The molecular weight excluding hydrogens is 762 g/mol. The molecule has 12 atom stereocenters. The molecule has 14 nitrogen and oxygen atoms in total. The minimum absolute atomic E-state index is 0.174. The Bertz CT molecular complexity index is 1270. The third kappa shape index (κ3) is 20.7. The summed E-state index contributed by atoms with van der Waals surface area (Å²) in [5, 5.41) is 86.1. The maximum absolute atomic E-state index is 13.0. The molecular formula is C45H75NO13. The summed E-state index contributed by atoms with van der Waals surface area (Å²) in [6.07, 6.45) is 21.1. The van der Waals surface area contributed by atoms with Gasteiger partial charge in [-0.15, -0.1) is 0 Å². The van der Waals surface area contributed by atoms with E-state index in [0.29, 0.717) is 12.8 Å². The Morgan fingerprint density at radius 1 is 0.627 bits per heavy atom. The lowest BCUT2D eigenvalue weighted by atomic mass is 9.97. The van der Waals surface area contributed by atoms with E-state index in [-0.39, 0.29) is 18.9 Å². The van der Waals surface area contributed by atoms with Gasteiger partial charge in [-0.2, -0.15) is 0 Å². The smallest absolute Gasteiger partial charge is 0.220 e. The average Bonchev–Trinajstić information content (AvgIpc) is 3.23. The fraction of sp³-hybridized carbons (Fsp3) is 0.711. The molecule has 0 aromatic rings. The van der Waals surface area contributed by atoms with Gasteiger partial charge in [-0.05, 0) is 51.4 Å². The summed E-state index contributed by atoms with van der Waals surface area (Å²) in [5.74, 6) is -0.300. The molecule has 0 bridgehead atoms. The molecule has 0 aromatic heterocycles. The first-order valence-corrected chi connectivity index (χ1v) is 21.7. The second-order valence-electron chi connectivity index (χ2n) is 15.1. The molecule has 2 aliphatic rings. The second-order valence-corrected chi connectivity index (χ2v) is 15.1. The van der Waals surface area contributed by atoms with Crippen molar-refractivity contribution < 1.29 is 64.6 Å². The van der Waals surface area contributed by atoms with Gasteiger partial charge < -0.3 is 65.1 Å². The molecule has 338 valence electrons. The summed E-state index contributed by atoms with van der Waals surface area (Å²) in [7, 11) is 0. The monoisotopic (exact) mass is 838 g/mol. The summed E-state index contributed by atoms with van der Waals surface area (Å²) in [5.41, 5.74) is 0. The van der Waals surface area contributed by atoms with Gasteiger partial charge in [0.05, 0.1) is 32.0 Å². The van der Waals surface area contributed by atoms with E-state index in [4.69, 9.17) is 18.9 Å². The van der Waals surface area contributed by atoms with Gasteiger partial charge in [0.1, 0.15) is 48.8 Å². The number of carbonyl (C=O) groups is 1. The predicted octanol–water partition coefficient (Wildman–Crippen LogP) is 3.70. The van der Waals surface area contributed by atoms with E-state index < -0.39 is 86.8 Å². The van der Waals surface area contributed by atoms with E-state index in [1.165, 1.54) is 0 Å². The van der Waals surface area contributed by atoms with Crippen molar-refractivity contribution >= 4 is 5.91 Å². The quantitative estimate of drug-likeness (QED) is 0.0372. The van der Waals surface area contributed by atoms with E-state index in [2.05, 4.69) is 79.9 Å². The maximum Gasteiger partial charge on any atom is 0.220 e. The maximum atomic E-state index is 13.0. The standard InChI is InChI=1S/C45H75NO13/c1-3-5-7-9-11-12-13-14-15-16-17-18-19-20-21-22-23-25-27-29-37(50)46-33(34(49)28-26-24-10-8-6-4-2)32-56-44-42(55)40(53)43(36(31-48)58-44)59-45-41(54)39(52)38(51)35(30-47)57-45/h5,7,11-12,14-15,17-18,20-21,23,25,33-36,38-45,47-49,51-55H,3-4,6,8-10,13,16,19,22,24,26-32H2,1-2H3,(H,46,50)/b7-5-,12-11-,15-14-,18-17-,21-20-,25-23-.